The molecule has 1 saturated heterocycles. The van der Waals surface area contributed by atoms with Crippen molar-refractivity contribution in [3.8, 4) is 5.75 Å². The zero-order valence-electron chi connectivity index (χ0n) is 12.5. The Morgan fingerprint density at radius 3 is 2.82 bits per heavy atom. The first-order valence-electron chi connectivity index (χ1n) is 7.40. The second kappa shape index (κ2) is 6.70. The van der Waals surface area contributed by atoms with Crippen LogP contribution in [-0.4, -0.2) is 34.0 Å². The molecule has 1 aliphatic heterocycles. The number of rotatable bonds is 5. The molecular formula is C16H19N3O3. The van der Waals surface area contributed by atoms with Crippen LogP contribution < -0.4 is 4.74 Å². The zero-order chi connectivity index (χ0) is 15.4. The Morgan fingerprint density at radius 1 is 1.32 bits per heavy atom. The lowest BCUT2D eigenvalue weighted by atomic mass is 9.96. The maximum Gasteiger partial charge on any atom is 0.138 e. The van der Waals surface area contributed by atoms with Crippen molar-refractivity contribution in [1.29, 1.82) is 0 Å². The number of aromatic nitrogens is 3. The van der Waals surface area contributed by atoms with E-state index in [1.807, 2.05) is 30.5 Å². The smallest absolute Gasteiger partial charge is 0.138 e. The highest BCUT2D eigenvalue weighted by atomic mass is 16.5. The van der Waals surface area contributed by atoms with Crippen LogP contribution in [0.2, 0.25) is 0 Å². The van der Waals surface area contributed by atoms with E-state index in [0.29, 0.717) is 19.4 Å². The average molecular weight is 301 g/mol. The summed E-state index contributed by atoms with van der Waals surface area (Å²) in [6, 6.07) is 7.69. The molecule has 1 aromatic carbocycles. The van der Waals surface area contributed by atoms with Gasteiger partial charge >= 0.3 is 0 Å². The Bertz CT molecular complexity index is 610. The van der Waals surface area contributed by atoms with Crippen molar-refractivity contribution in [2.75, 3.05) is 7.11 Å². The van der Waals surface area contributed by atoms with Gasteiger partial charge in [-0.1, -0.05) is 17.3 Å². The van der Waals surface area contributed by atoms with E-state index in [-0.39, 0.29) is 18.0 Å². The molecule has 2 heterocycles. The number of aryl methyl sites for hydroxylation is 1. The van der Waals surface area contributed by atoms with Gasteiger partial charge in [-0.2, -0.15) is 0 Å². The number of ether oxygens (including phenoxy) is 2. The molecule has 6 nitrogen and oxygen atoms in total. The van der Waals surface area contributed by atoms with Crippen molar-refractivity contribution in [2.24, 2.45) is 0 Å². The van der Waals surface area contributed by atoms with Crippen molar-refractivity contribution in [3.05, 3.63) is 42.2 Å². The molecule has 0 amide bonds. The zero-order valence-corrected chi connectivity index (χ0v) is 12.5. The third-order valence-electron chi connectivity index (χ3n) is 3.86. The van der Waals surface area contributed by atoms with Crippen LogP contribution in [0.5, 0.6) is 5.75 Å². The quantitative estimate of drug-likeness (QED) is 0.846. The van der Waals surface area contributed by atoms with Crippen molar-refractivity contribution < 1.29 is 14.3 Å². The van der Waals surface area contributed by atoms with E-state index >= 15 is 0 Å². The van der Waals surface area contributed by atoms with Gasteiger partial charge < -0.3 is 9.47 Å². The van der Waals surface area contributed by atoms with Gasteiger partial charge in [0.2, 0.25) is 0 Å². The molecule has 0 saturated carbocycles. The number of hydrogen-bond acceptors (Lipinski definition) is 5. The van der Waals surface area contributed by atoms with Gasteiger partial charge in [0, 0.05) is 25.6 Å². The van der Waals surface area contributed by atoms with Crippen molar-refractivity contribution >= 4 is 5.78 Å². The molecule has 2 atom stereocenters. The fourth-order valence-corrected chi connectivity index (χ4v) is 2.69. The topological polar surface area (TPSA) is 66.2 Å². The lowest BCUT2D eigenvalue weighted by Gasteiger charge is -2.29. The summed E-state index contributed by atoms with van der Waals surface area (Å²) in [5, 5.41) is 7.70. The Hall–Kier alpha value is -2.21. The lowest BCUT2D eigenvalue weighted by Crippen LogP contribution is -2.29. The highest BCUT2D eigenvalue weighted by molar-refractivity contribution is 5.80. The summed E-state index contributed by atoms with van der Waals surface area (Å²) in [6.45, 7) is 0.702. The number of Topliss-reactive ketones (excluding diaryl/α,β-unsaturated/α-hetero) is 1. The molecule has 0 radical (unpaired) electrons. The fraction of sp³-hybridized carbons (Fsp3) is 0.438. The summed E-state index contributed by atoms with van der Waals surface area (Å²) in [5.74, 6) is 1.05. The molecule has 6 heteroatoms. The van der Waals surface area contributed by atoms with Gasteiger partial charge in [-0.15, -0.1) is 5.10 Å². The van der Waals surface area contributed by atoms with Gasteiger partial charge in [0.1, 0.15) is 11.5 Å². The number of benzene rings is 1. The lowest BCUT2D eigenvalue weighted by molar-refractivity contribution is -0.136. The third-order valence-corrected chi connectivity index (χ3v) is 3.86. The average Bonchev–Trinajstić information content (AvgIpc) is 3.06. The van der Waals surface area contributed by atoms with Gasteiger partial charge in [-0.25, -0.2) is 0 Å². The Balaban J connectivity index is 1.63. The highest BCUT2D eigenvalue weighted by Gasteiger charge is 2.28. The first-order valence-corrected chi connectivity index (χ1v) is 7.40. The van der Waals surface area contributed by atoms with Gasteiger partial charge in [0.05, 0.1) is 25.5 Å². The molecule has 0 N–H and O–H groups in total. The molecule has 0 unspecified atom stereocenters. The fourth-order valence-electron chi connectivity index (χ4n) is 2.69. The molecule has 0 spiro atoms. The van der Waals surface area contributed by atoms with E-state index in [1.165, 1.54) is 0 Å². The molecule has 22 heavy (non-hydrogen) atoms. The summed E-state index contributed by atoms with van der Waals surface area (Å²) < 4.78 is 13.0. The van der Waals surface area contributed by atoms with Crippen molar-refractivity contribution in [1.82, 2.24) is 15.0 Å². The van der Waals surface area contributed by atoms with Gasteiger partial charge in [-0.05, 0) is 24.1 Å². The maximum absolute atomic E-state index is 12.0. The summed E-state index contributed by atoms with van der Waals surface area (Å²) in [4.78, 5) is 12.0. The Kier molecular flexibility index (Phi) is 4.48. The minimum absolute atomic E-state index is 0.0717. The Morgan fingerprint density at radius 2 is 2.14 bits per heavy atom. The number of carbonyl (C=O) groups is 1. The molecule has 116 valence electrons. The van der Waals surface area contributed by atoms with E-state index in [4.69, 9.17) is 9.47 Å². The number of nitrogens with zero attached hydrogens (tertiary/aromatic N) is 3. The van der Waals surface area contributed by atoms with E-state index in [2.05, 4.69) is 10.3 Å². The largest absolute Gasteiger partial charge is 0.497 e. The van der Waals surface area contributed by atoms with Crippen LogP contribution in [-0.2, 0) is 16.1 Å². The molecule has 1 aliphatic rings. The number of carbonyl (C=O) groups excluding carboxylic acids is 1. The summed E-state index contributed by atoms with van der Waals surface area (Å²) >= 11 is 0. The molecule has 0 bridgehead atoms. The standard InChI is InChI=1S/C16H19N3O3/c1-21-14-4-2-12(3-5-14)16-11-13(20)10-15(22-16)6-8-19-9-7-17-18-19/h2-5,7,9,15-16H,6,8,10-11H2,1H3/t15-,16-/m1/s1. The first kappa shape index (κ1) is 14.7. The highest BCUT2D eigenvalue weighted by Crippen LogP contribution is 2.31. The van der Waals surface area contributed by atoms with Crippen LogP contribution in [0.25, 0.3) is 0 Å². The van der Waals surface area contributed by atoms with Crippen LogP contribution in [0.1, 0.15) is 30.9 Å². The van der Waals surface area contributed by atoms with Crippen molar-refractivity contribution in [2.45, 2.75) is 38.0 Å². The molecule has 1 aromatic heterocycles. The number of hydrogen-bond donors (Lipinski definition) is 0. The number of ketones is 1. The molecule has 1 fully saturated rings. The minimum atomic E-state index is -0.173. The predicted octanol–water partition coefficient (Wildman–Crippen LogP) is 2.17. The minimum Gasteiger partial charge on any atom is -0.497 e. The SMILES string of the molecule is COc1ccc([C@H]2CC(=O)C[C@@H](CCn3ccnn3)O2)cc1. The van der Waals surface area contributed by atoms with Crippen LogP contribution in [0.4, 0.5) is 0 Å². The molecule has 2 aromatic rings. The normalized spacial score (nSPS) is 21.8. The van der Waals surface area contributed by atoms with E-state index < -0.39 is 0 Å². The third kappa shape index (κ3) is 3.51. The van der Waals surface area contributed by atoms with E-state index in [9.17, 15) is 4.79 Å². The Labute approximate surface area is 129 Å². The summed E-state index contributed by atoms with van der Waals surface area (Å²) in [6.07, 6.45) is 4.87. The number of methoxy groups -OCH3 is 1. The van der Waals surface area contributed by atoms with E-state index in [0.717, 1.165) is 17.7 Å². The van der Waals surface area contributed by atoms with Crippen LogP contribution >= 0.6 is 0 Å². The van der Waals surface area contributed by atoms with Crippen LogP contribution in [0, 0.1) is 0 Å². The monoisotopic (exact) mass is 301 g/mol. The first-order chi connectivity index (χ1) is 10.7. The van der Waals surface area contributed by atoms with Crippen LogP contribution in [0.15, 0.2) is 36.7 Å². The van der Waals surface area contributed by atoms with Gasteiger partial charge in [0.15, 0.2) is 0 Å². The predicted molar refractivity (Wildman–Crippen MR) is 79.5 cm³/mol. The second-order valence-corrected chi connectivity index (χ2v) is 5.42. The molecule has 3 rings (SSSR count). The van der Waals surface area contributed by atoms with Gasteiger partial charge in [-0.3, -0.25) is 9.48 Å². The summed E-state index contributed by atoms with van der Waals surface area (Å²) in [5.41, 5.74) is 1.01. The van der Waals surface area contributed by atoms with Gasteiger partial charge in [0.25, 0.3) is 0 Å². The molecular weight excluding hydrogens is 282 g/mol. The second-order valence-electron chi connectivity index (χ2n) is 5.42. The van der Waals surface area contributed by atoms with Crippen molar-refractivity contribution in [3.63, 3.8) is 0 Å². The van der Waals surface area contributed by atoms with E-state index in [1.54, 1.807) is 18.0 Å². The molecule has 0 aliphatic carbocycles. The van der Waals surface area contributed by atoms with Crippen LogP contribution in [0.3, 0.4) is 0 Å². The summed E-state index contributed by atoms with van der Waals surface area (Å²) in [7, 11) is 1.63. The maximum atomic E-state index is 12.0.